The van der Waals surface area contributed by atoms with Crippen molar-refractivity contribution in [2.24, 2.45) is 0 Å². The van der Waals surface area contributed by atoms with Gasteiger partial charge < -0.3 is 4.90 Å². The van der Waals surface area contributed by atoms with E-state index < -0.39 is 10.0 Å². The number of hydrogen-bond donors (Lipinski definition) is 1. The number of amides is 1. The Hall–Kier alpha value is -3.10. The van der Waals surface area contributed by atoms with Gasteiger partial charge in [0.25, 0.3) is 5.91 Å². The van der Waals surface area contributed by atoms with Crippen LogP contribution in [0.15, 0.2) is 78.2 Å². The summed E-state index contributed by atoms with van der Waals surface area (Å²) in [5.41, 5.74) is 2.15. The van der Waals surface area contributed by atoms with Gasteiger partial charge in [0.2, 0.25) is 10.0 Å². The summed E-state index contributed by atoms with van der Waals surface area (Å²) in [6, 6.07) is 13.6. The SMILES string of the molecule is O=C(c1cccc(S(=O)(=O)NC2CC2)c1)N(Cc1ccncc1)Cc1cccnc1. The van der Waals surface area contributed by atoms with E-state index in [2.05, 4.69) is 14.7 Å². The molecule has 3 aromatic rings. The Morgan fingerprint density at radius 3 is 2.43 bits per heavy atom. The minimum Gasteiger partial charge on any atom is -0.330 e. The molecule has 4 rings (SSSR count). The van der Waals surface area contributed by atoms with Gasteiger partial charge in [-0.15, -0.1) is 0 Å². The summed E-state index contributed by atoms with van der Waals surface area (Å²) in [7, 11) is -3.64. The van der Waals surface area contributed by atoms with E-state index in [1.807, 2.05) is 24.3 Å². The highest BCUT2D eigenvalue weighted by molar-refractivity contribution is 7.89. The van der Waals surface area contributed by atoms with Crippen LogP contribution in [0.4, 0.5) is 0 Å². The van der Waals surface area contributed by atoms with Crippen LogP contribution in [-0.2, 0) is 23.1 Å². The van der Waals surface area contributed by atoms with Crippen molar-refractivity contribution in [3.63, 3.8) is 0 Å². The largest absolute Gasteiger partial charge is 0.330 e. The van der Waals surface area contributed by atoms with E-state index in [1.165, 1.54) is 12.1 Å². The standard InChI is InChI=1S/C22H22N4O3S/c27-22(19-4-1-5-21(13-19)30(28,29)25-20-6-7-20)26(15-17-8-11-23-12-9-17)16-18-3-2-10-24-14-18/h1-5,8-14,20,25H,6-7,15-16H2. The van der Waals surface area contributed by atoms with Crippen LogP contribution in [0.2, 0.25) is 0 Å². The predicted octanol–water partition coefficient (Wildman–Crippen LogP) is 2.76. The van der Waals surface area contributed by atoms with Gasteiger partial charge in [-0.3, -0.25) is 14.8 Å². The lowest BCUT2D eigenvalue weighted by Gasteiger charge is -2.23. The van der Waals surface area contributed by atoms with E-state index in [4.69, 9.17) is 0 Å². The molecule has 154 valence electrons. The molecule has 0 unspecified atom stereocenters. The second-order valence-electron chi connectivity index (χ2n) is 7.30. The minimum absolute atomic E-state index is 0.00290. The molecule has 0 spiro atoms. The van der Waals surface area contributed by atoms with Gasteiger partial charge in [0.05, 0.1) is 4.90 Å². The lowest BCUT2D eigenvalue weighted by atomic mass is 10.1. The Kier molecular flexibility index (Phi) is 5.87. The zero-order valence-corrected chi connectivity index (χ0v) is 17.1. The first kappa shape index (κ1) is 20.2. The Bertz CT molecular complexity index is 1080. The number of nitrogens with one attached hydrogen (secondary N) is 1. The summed E-state index contributed by atoms with van der Waals surface area (Å²) in [5.74, 6) is -0.251. The molecule has 7 nitrogen and oxygen atoms in total. The van der Waals surface area contributed by atoms with E-state index in [-0.39, 0.29) is 16.8 Å². The maximum atomic E-state index is 13.3. The molecule has 1 aliphatic carbocycles. The lowest BCUT2D eigenvalue weighted by Crippen LogP contribution is -2.31. The maximum absolute atomic E-state index is 13.3. The third-order valence-electron chi connectivity index (χ3n) is 4.80. The number of carbonyl (C=O) groups excluding carboxylic acids is 1. The highest BCUT2D eigenvalue weighted by Crippen LogP contribution is 2.23. The Morgan fingerprint density at radius 2 is 1.73 bits per heavy atom. The molecule has 1 aliphatic rings. The van der Waals surface area contributed by atoms with E-state index >= 15 is 0 Å². The van der Waals surface area contributed by atoms with Gasteiger partial charge in [-0.05, 0) is 60.4 Å². The molecular formula is C22H22N4O3S. The summed E-state index contributed by atoms with van der Waals surface area (Å²) in [5, 5.41) is 0. The first-order valence-corrected chi connectivity index (χ1v) is 11.2. The van der Waals surface area contributed by atoms with Crippen LogP contribution < -0.4 is 4.72 Å². The van der Waals surface area contributed by atoms with Gasteiger partial charge in [-0.25, -0.2) is 13.1 Å². The Labute approximate surface area is 175 Å². The zero-order valence-electron chi connectivity index (χ0n) is 16.3. The summed E-state index contributed by atoms with van der Waals surface area (Å²) in [6.07, 6.45) is 8.45. The van der Waals surface area contributed by atoms with Crippen molar-refractivity contribution in [2.75, 3.05) is 0 Å². The second-order valence-corrected chi connectivity index (χ2v) is 9.02. The molecule has 0 atom stereocenters. The molecule has 0 saturated heterocycles. The predicted molar refractivity (Wildman–Crippen MR) is 112 cm³/mol. The number of carbonyl (C=O) groups is 1. The highest BCUT2D eigenvalue weighted by atomic mass is 32.2. The number of nitrogens with zero attached hydrogens (tertiary/aromatic N) is 3. The van der Waals surface area contributed by atoms with Crippen LogP contribution in [0.1, 0.15) is 34.3 Å². The molecule has 1 fully saturated rings. The van der Waals surface area contributed by atoms with Gasteiger partial charge in [-0.2, -0.15) is 0 Å². The molecule has 1 aromatic carbocycles. The molecule has 1 saturated carbocycles. The van der Waals surface area contributed by atoms with Crippen molar-refractivity contribution in [1.29, 1.82) is 0 Å². The van der Waals surface area contributed by atoms with E-state index in [0.29, 0.717) is 18.7 Å². The van der Waals surface area contributed by atoms with Crippen molar-refractivity contribution < 1.29 is 13.2 Å². The quantitative estimate of drug-likeness (QED) is 0.603. The third kappa shape index (κ3) is 5.08. The van der Waals surface area contributed by atoms with Crippen molar-refractivity contribution in [3.8, 4) is 0 Å². The third-order valence-corrected chi connectivity index (χ3v) is 6.31. The number of rotatable bonds is 8. The molecule has 30 heavy (non-hydrogen) atoms. The molecule has 1 N–H and O–H groups in total. The molecule has 0 aliphatic heterocycles. The molecule has 2 aromatic heterocycles. The summed E-state index contributed by atoms with van der Waals surface area (Å²) in [6.45, 7) is 0.722. The maximum Gasteiger partial charge on any atom is 0.254 e. The fourth-order valence-electron chi connectivity index (χ4n) is 3.09. The van der Waals surface area contributed by atoms with Crippen LogP contribution >= 0.6 is 0 Å². The second kappa shape index (κ2) is 8.73. The lowest BCUT2D eigenvalue weighted by molar-refractivity contribution is 0.0729. The summed E-state index contributed by atoms with van der Waals surface area (Å²) in [4.78, 5) is 23.3. The summed E-state index contributed by atoms with van der Waals surface area (Å²) >= 11 is 0. The van der Waals surface area contributed by atoms with Crippen molar-refractivity contribution >= 4 is 15.9 Å². The fourth-order valence-corrected chi connectivity index (χ4v) is 4.44. The normalized spacial score (nSPS) is 13.7. The van der Waals surface area contributed by atoms with E-state index in [9.17, 15) is 13.2 Å². The van der Waals surface area contributed by atoms with Crippen molar-refractivity contribution in [2.45, 2.75) is 36.9 Å². The molecule has 2 heterocycles. The van der Waals surface area contributed by atoms with Crippen LogP contribution in [-0.4, -0.2) is 35.2 Å². The van der Waals surface area contributed by atoms with Crippen LogP contribution in [0.25, 0.3) is 0 Å². The van der Waals surface area contributed by atoms with Gasteiger partial charge in [0.1, 0.15) is 0 Å². The molecule has 0 radical (unpaired) electrons. The summed E-state index contributed by atoms with van der Waals surface area (Å²) < 4.78 is 27.8. The van der Waals surface area contributed by atoms with Gasteiger partial charge >= 0.3 is 0 Å². The average molecular weight is 423 g/mol. The fraction of sp³-hybridized carbons (Fsp3) is 0.227. The van der Waals surface area contributed by atoms with Crippen LogP contribution in [0.5, 0.6) is 0 Å². The number of aromatic nitrogens is 2. The topological polar surface area (TPSA) is 92.3 Å². The Balaban J connectivity index is 1.61. The minimum atomic E-state index is -3.64. The van der Waals surface area contributed by atoms with Crippen LogP contribution in [0, 0.1) is 0 Å². The average Bonchev–Trinajstić information content (AvgIpc) is 3.58. The number of pyridine rings is 2. The molecule has 8 heteroatoms. The number of sulfonamides is 1. The first-order chi connectivity index (χ1) is 14.5. The van der Waals surface area contributed by atoms with Crippen molar-refractivity contribution in [1.82, 2.24) is 19.6 Å². The van der Waals surface area contributed by atoms with E-state index in [1.54, 1.807) is 41.8 Å². The van der Waals surface area contributed by atoms with Gasteiger partial charge in [-0.1, -0.05) is 12.1 Å². The highest BCUT2D eigenvalue weighted by Gasteiger charge is 2.28. The molecular weight excluding hydrogens is 400 g/mol. The number of hydrogen-bond acceptors (Lipinski definition) is 5. The Morgan fingerprint density at radius 1 is 0.967 bits per heavy atom. The monoisotopic (exact) mass is 422 g/mol. The number of benzene rings is 1. The van der Waals surface area contributed by atoms with Gasteiger partial charge in [0.15, 0.2) is 0 Å². The zero-order chi connectivity index (χ0) is 21.0. The van der Waals surface area contributed by atoms with Gasteiger partial charge in [0, 0.05) is 49.5 Å². The van der Waals surface area contributed by atoms with Crippen molar-refractivity contribution in [3.05, 3.63) is 90.0 Å². The first-order valence-electron chi connectivity index (χ1n) is 9.71. The van der Waals surface area contributed by atoms with Crippen LogP contribution in [0.3, 0.4) is 0 Å². The molecule has 0 bridgehead atoms. The smallest absolute Gasteiger partial charge is 0.254 e. The van der Waals surface area contributed by atoms with E-state index in [0.717, 1.165) is 24.0 Å². The molecule has 1 amide bonds.